The highest BCUT2D eigenvalue weighted by Gasteiger charge is 2.37. The molecule has 0 saturated heterocycles. The molecule has 0 amide bonds. The molecule has 90 valence electrons. The Morgan fingerprint density at radius 3 is 2.40 bits per heavy atom. The fourth-order valence-corrected chi connectivity index (χ4v) is 1.16. The molecular formula is C7H12Cl3NO4. The summed E-state index contributed by atoms with van der Waals surface area (Å²) in [5.74, 6) is 0. The van der Waals surface area contributed by atoms with E-state index in [0.29, 0.717) is 6.42 Å². The number of aliphatic hydroxyl groups is 1. The number of hydrogen-bond donors (Lipinski definition) is 1. The van der Waals surface area contributed by atoms with Gasteiger partial charge in [-0.05, 0) is 13.3 Å². The van der Waals surface area contributed by atoms with Crippen LogP contribution in [-0.4, -0.2) is 39.2 Å². The monoisotopic (exact) mass is 279 g/mol. The molecule has 0 aliphatic rings. The van der Waals surface area contributed by atoms with Crippen LogP contribution in [0.15, 0.2) is 0 Å². The highest BCUT2D eigenvalue weighted by atomic mass is 35.6. The molecule has 1 N–H and O–H groups in total. The van der Waals surface area contributed by atoms with Gasteiger partial charge in [-0.2, -0.15) is 0 Å². The van der Waals surface area contributed by atoms with Gasteiger partial charge in [-0.25, -0.2) is 0 Å². The first-order chi connectivity index (χ1) is 6.73. The number of aliphatic hydroxyl groups excluding tert-OH is 1. The van der Waals surface area contributed by atoms with Crippen molar-refractivity contribution in [2.75, 3.05) is 13.2 Å². The normalized spacial score (nSPS) is 16.1. The van der Waals surface area contributed by atoms with Crippen LogP contribution >= 0.6 is 34.8 Å². The van der Waals surface area contributed by atoms with Gasteiger partial charge in [0.2, 0.25) is 10.3 Å². The van der Waals surface area contributed by atoms with E-state index >= 15 is 0 Å². The van der Waals surface area contributed by atoms with Crippen molar-refractivity contribution in [1.29, 1.82) is 0 Å². The molecule has 0 aliphatic carbocycles. The molecule has 0 unspecified atom stereocenters. The van der Waals surface area contributed by atoms with Gasteiger partial charge in [-0.1, -0.05) is 34.8 Å². The summed E-state index contributed by atoms with van der Waals surface area (Å²) >= 11 is 16.5. The number of halogens is 3. The van der Waals surface area contributed by atoms with Gasteiger partial charge < -0.3 is 9.84 Å². The van der Waals surface area contributed by atoms with Gasteiger partial charge in [0.05, 0.1) is 6.10 Å². The van der Waals surface area contributed by atoms with Crippen molar-refractivity contribution in [3.05, 3.63) is 10.1 Å². The van der Waals surface area contributed by atoms with Gasteiger partial charge in [-0.15, -0.1) is 0 Å². The quantitative estimate of drug-likeness (QED) is 0.457. The van der Waals surface area contributed by atoms with E-state index in [1.54, 1.807) is 6.92 Å². The van der Waals surface area contributed by atoms with E-state index in [0.717, 1.165) is 0 Å². The third-order valence-corrected chi connectivity index (χ3v) is 2.26. The summed E-state index contributed by atoms with van der Waals surface area (Å²) < 4.78 is 3.19. The Kier molecular flexibility index (Phi) is 6.79. The van der Waals surface area contributed by atoms with Crippen LogP contribution in [0.3, 0.4) is 0 Å². The zero-order chi connectivity index (χ0) is 12.1. The number of hydrogen-bond acceptors (Lipinski definition) is 4. The number of alkyl halides is 3. The molecule has 0 aromatic rings. The number of rotatable bonds is 6. The molecule has 0 bridgehead atoms. The van der Waals surface area contributed by atoms with Crippen LogP contribution in [0, 0.1) is 10.1 Å². The second-order valence-corrected chi connectivity index (χ2v) is 5.42. The molecule has 5 nitrogen and oxygen atoms in total. The number of nitrogens with zero attached hydrogens (tertiary/aromatic N) is 1. The van der Waals surface area contributed by atoms with Crippen molar-refractivity contribution in [1.82, 2.24) is 0 Å². The van der Waals surface area contributed by atoms with Gasteiger partial charge in [0.15, 0.2) is 6.10 Å². The van der Waals surface area contributed by atoms with Gasteiger partial charge in [0.25, 0.3) is 0 Å². The van der Waals surface area contributed by atoms with Crippen molar-refractivity contribution < 1.29 is 14.8 Å². The molecule has 0 saturated carbocycles. The highest BCUT2D eigenvalue weighted by Crippen LogP contribution is 2.32. The maximum Gasteiger partial charge on any atom is 0.233 e. The van der Waals surface area contributed by atoms with Crippen LogP contribution in [0.4, 0.5) is 0 Å². The molecule has 0 spiro atoms. The second-order valence-electron chi connectivity index (χ2n) is 3.05. The molecule has 8 heteroatoms. The summed E-state index contributed by atoms with van der Waals surface area (Å²) in [5, 5.41) is 19.2. The molecule has 0 rings (SSSR count). The van der Waals surface area contributed by atoms with E-state index in [2.05, 4.69) is 0 Å². The minimum absolute atomic E-state index is 0.101. The number of ether oxygens (including phenoxy) is 1. The zero-order valence-electron chi connectivity index (χ0n) is 8.03. The van der Waals surface area contributed by atoms with E-state index in [1.165, 1.54) is 0 Å². The van der Waals surface area contributed by atoms with Crippen molar-refractivity contribution in [2.45, 2.75) is 29.3 Å². The molecule has 0 aromatic carbocycles. The zero-order valence-corrected chi connectivity index (χ0v) is 10.3. The van der Waals surface area contributed by atoms with Crippen LogP contribution in [-0.2, 0) is 4.74 Å². The Hall–Kier alpha value is 0.190. The summed E-state index contributed by atoms with van der Waals surface area (Å²) in [7, 11) is 0. The topological polar surface area (TPSA) is 72.6 Å². The largest absolute Gasteiger partial charge is 0.393 e. The van der Waals surface area contributed by atoms with Gasteiger partial charge in [-0.3, -0.25) is 10.1 Å². The van der Waals surface area contributed by atoms with Crippen LogP contribution in [0.2, 0.25) is 0 Å². The summed E-state index contributed by atoms with van der Waals surface area (Å²) in [6.45, 7) is 1.08. The minimum atomic E-state index is -1.84. The molecule has 0 fully saturated rings. The van der Waals surface area contributed by atoms with Crippen LogP contribution in [0.5, 0.6) is 0 Å². The Morgan fingerprint density at radius 2 is 2.07 bits per heavy atom. The molecule has 2 atom stereocenters. The predicted octanol–water partition coefficient (Wildman–Crippen LogP) is 1.79. The Balaban J connectivity index is 4.09. The van der Waals surface area contributed by atoms with Gasteiger partial charge in [0, 0.05) is 11.5 Å². The Morgan fingerprint density at radius 1 is 1.53 bits per heavy atom. The lowest BCUT2D eigenvalue weighted by atomic mass is 10.3. The predicted molar refractivity (Wildman–Crippen MR) is 58.2 cm³/mol. The van der Waals surface area contributed by atoms with Crippen molar-refractivity contribution in [2.24, 2.45) is 0 Å². The van der Waals surface area contributed by atoms with E-state index < -0.39 is 27.5 Å². The molecule has 0 aliphatic heterocycles. The Bertz CT molecular complexity index is 207. The first-order valence-corrected chi connectivity index (χ1v) is 5.35. The second kappa shape index (κ2) is 6.70. The summed E-state index contributed by atoms with van der Waals surface area (Å²) in [6, 6.07) is 0. The summed E-state index contributed by atoms with van der Waals surface area (Å²) in [6.07, 6.45) is -1.34. The average molecular weight is 281 g/mol. The first-order valence-electron chi connectivity index (χ1n) is 4.21. The van der Waals surface area contributed by atoms with E-state index in [4.69, 9.17) is 44.6 Å². The maximum atomic E-state index is 10.3. The molecule has 15 heavy (non-hydrogen) atoms. The fraction of sp³-hybridized carbons (Fsp3) is 1.00. The van der Waals surface area contributed by atoms with Crippen LogP contribution in [0.25, 0.3) is 0 Å². The lowest BCUT2D eigenvalue weighted by Crippen LogP contribution is -2.36. The maximum absolute atomic E-state index is 10.3. The van der Waals surface area contributed by atoms with E-state index in [-0.39, 0.29) is 6.61 Å². The lowest BCUT2D eigenvalue weighted by molar-refractivity contribution is -0.491. The van der Waals surface area contributed by atoms with E-state index in [9.17, 15) is 10.1 Å². The summed E-state index contributed by atoms with van der Waals surface area (Å²) in [5.41, 5.74) is 0. The molecule has 0 radical (unpaired) electrons. The van der Waals surface area contributed by atoms with Crippen molar-refractivity contribution >= 4 is 34.8 Å². The standard InChI is InChI=1S/C7H12Cl3NO4/c1-5(12)2-3-15-6(4-11(13)14)7(8,9)10/h5-6,12H,2-4H2,1H3/t5-,6+/m0/s1. The van der Waals surface area contributed by atoms with E-state index in [1.807, 2.05) is 0 Å². The first kappa shape index (κ1) is 15.2. The highest BCUT2D eigenvalue weighted by molar-refractivity contribution is 6.68. The SMILES string of the molecule is C[C@H](O)CCO[C@H](C[N+](=O)[O-])C(Cl)(Cl)Cl. The van der Waals surface area contributed by atoms with Crippen molar-refractivity contribution in [3.63, 3.8) is 0 Å². The molecule has 0 aromatic heterocycles. The smallest absolute Gasteiger partial charge is 0.233 e. The lowest BCUT2D eigenvalue weighted by Gasteiger charge is -2.21. The molecule has 0 heterocycles. The third-order valence-electron chi connectivity index (χ3n) is 1.53. The van der Waals surface area contributed by atoms with Crippen LogP contribution in [0.1, 0.15) is 13.3 Å². The average Bonchev–Trinajstić information content (AvgIpc) is 1.99. The van der Waals surface area contributed by atoms with Crippen LogP contribution < -0.4 is 0 Å². The molecular weight excluding hydrogens is 268 g/mol. The number of nitro groups is 1. The van der Waals surface area contributed by atoms with Crippen molar-refractivity contribution in [3.8, 4) is 0 Å². The Labute approximate surface area is 102 Å². The third kappa shape index (κ3) is 8.04. The van der Waals surface area contributed by atoms with Gasteiger partial charge >= 0.3 is 0 Å². The summed E-state index contributed by atoms with van der Waals surface area (Å²) in [4.78, 5) is 9.64. The fourth-order valence-electron chi connectivity index (χ4n) is 0.767. The minimum Gasteiger partial charge on any atom is -0.393 e. The van der Waals surface area contributed by atoms with Gasteiger partial charge in [0.1, 0.15) is 0 Å².